The molecule has 3 heteroatoms. The van der Waals surface area contributed by atoms with Gasteiger partial charge in [0.25, 0.3) is 0 Å². The van der Waals surface area contributed by atoms with Gasteiger partial charge in [0.2, 0.25) is 0 Å². The predicted octanol–water partition coefficient (Wildman–Crippen LogP) is 5.64. The van der Waals surface area contributed by atoms with Gasteiger partial charge in [0.05, 0.1) is 0 Å². The lowest BCUT2D eigenvalue weighted by Gasteiger charge is -2.36. The van der Waals surface area contributed by atoms with Crippen LogP contribution < -0.4 is 0 Å². The minimum absolute atomic E-state index is 0.502. The van der Waals surface area contributed by atoms with Gasteiger partial charge in [-0.15, -0.1) is 0 Å². The van der Waals surface area contributed by atoms with E-state index in [0.29, 0.717) is 5.41 Å². The fourth-order valence-corrected chi connectivity index (χ4v) is 2.85. The van der Waals surface area contributed by atoms with Gasteiger partial charge in [0.15, 0.2) is 0 Å². The molecule has 1 aliphatic rings. The highest BCUT2D eigenvalue weighted by atomic mass is 35.5. The average molecular weight is 302 g/mol. The summed E-state index contributed by atoms with van der Waals surface area (Å²) in [5.74, 6) is 0. The zero-order chi connectivity index (χ0) is 14.5. The lowest BCUT2D eigenvalue weighted by atomic mass is 9.82. The van der Waals surface area contributed by atoms with E-state index >= 15 is 0 Å². The molecule has 0 atom stereocenters. The minimum Gasteiger partial charge on any atom is -0.299 e. The lowest BCUT2D eigenvalue weighted by molar-refractivity contribution is 0.127. The maximum Gasteiger partial charge on any atom is 0.0424 e. The van der Waals surface area contributed by atoms with E-state index in [-0.39, 0.29) is 0 Å². The van der Waals surface area contributed by atoms with Crippen LogP contribution in [0.4, 0.5) is 0 Å². The monoisotopic (exact) mass is 301 g/mol. The van der Waals surface area contributed by atoms with Crippen LogP contribution in [0.3, 0.4) is 0 Å². The second kappa shape index (κ2) is 7.52. The van der Waals surface area contributed by atoms with Crippen molar-refractivity contribution in [1.82, 2.24) is 4.90 Å². The Labute approximate surface area is 127 Å². The van der Waals surface area contributed by atoms with Crippen LogP contribution in [0.15, 0.2) is 18.2 Å². The van der Waals surface area contributed by atoms with Crippen LogP contribution in [0.25, 0.3) is 0 Å². The molecular formula is C16H25Cl2N. The molecule has 1 heterocycles. The van der Waals surface area contributed by atoms with Crippen molar-refractivity contribution >= 4 is 23.2 Å². The van der Waals surface area contributed by atoms with Crippen molar-refractivity contribution in [2.45, 2.75) is 47.1 Å². The molecule has 0 N–H and O–H groups in total. The Kier molecular flexibility index (Phi) is 6.65. The summed E-state index contributed by atoms with van der Waals surface area (Å²) < 4.78 is 0. The molecule has 0 unspecified atom stereocenters. The summed E-state index contributed by atoms with van der Waals surface area (Å²) in [6, 6.07) is 5.80. The number of piperidine rings is 1. The zero-order valence-corrected chi connectivity index (χ0v) is 14.0. The fraction of sp³-hybridized carbons (Fsp3) is 0.625. The van der Waals surface area contributed by atoms with Crippen molar-refractivity contribution in [1.29, 1.82) is 0 Å². The molecule has 2 rings (SSSR count). The van der Waals surface area contributed by atoms with E-state index in [9.17, 15) is 0 Å². The third-order valence-corrected chi connectivity index (χ3v) is 3.97. The Morgan fingerprint density at radius 2 is 1.47 bits per heavy atom. The average Bonchev–Trinajstić information content (AvgIpc) is 2.33. The molecule has 1 fully saturated rings. The molecule has 0 amide bonds. The third kappa shape index (κ3) is 5.72. The van der Waals surface area contributed by atoms with Gasteiger partial charge < -0.3 is 0 Å². The van der Waals surface area contributed by atoms with Gasteiger partial charge in [-0.1, -0.05) is 50.9 Å². The number of hydrogen-bond donors (Lipinski definition) is 0. The normalized spacial score (nSPS) is 18.6. The molecule has 108 valence electrons. The molecule has 0 saturated carbocycles. The second-order valence-electron chi connectivity index (χ2n) is 5.72. The molecule has 0 aliphatic carbocycles. The number of hydrogen-bond acceptors (Lipinski definition) is 1. The molecule has 1 aromatic carbocycles. The van der Waals surface area contributed by atoms with Gasteiger partial charge in [0.1, 0.15) is 0 Å². The van der Waals surface area contributed by atoms with E-state index in [0.717, 1.165) is 29.7 Å². The zero-order valence-electron chi connectivity index (χ0n) is 12.5. The van der Waals surface area contributed by atoms with E-state index in [4.69, 9.17) is 23.2 Å². The van der Waals surface area contributed by atoms with Gasteiger partial charge in [-0.3, -0.25) is 4.90 Å². The summed E-state index contributed by atoms with van der Waals surface area (Å²) in [7, 11) is 0. The van der Waals surface area contributed by atoms with Crippen LogP contribution in [0.2, 0.25) is 10.0 Å². The Morgan fingerprint density at radius 3 is 1.95 bits per heavy atom. The molecule has 1 nitrogen and oxygen atoms in total. The van der Waals surface area contributed by atoms with Crippen LogP contribution in [-0.2, 0) is 6.54 Å². The number of benzene rings is 1. The van der Waals surface area contributed by atoms with E-state index in [1.807, 2.05) is 26.0 Å². The van der Waals surface area contributed by atoms with Crippen molar-refractivity contribution in [3.63, 3.8) is 0 Å². The number of halogens is 2. The van der Waals surface area contributed by atoms with Crippen molar-refractivity contribution in [2.24, 2.45) is 5.41 Å². The Hall–Kier alpha value is -0.240. The number of nitrogens with zero attached hydrogens (tertiary/aromatic N) is 1. The summed E-state index contributed by atoms with van der Waals surface area (Å²) in [6.07, 6.45) is 2.53. The molecule has 1 saturated heterocycles. The van der Waals surface area contributed by atoms with Gasteiger partial charge in [-0.05, 0) is 55.1 Å². The van der Waals surface area contributed by atoms with Crippen LogP contribution in [0.5, 0.6) is 0 Å². The summed E-state index contributed by atoms with van der Waals surface area (Å²) >= 11 is 12.0. The quantitative estimate of drug-likeness (QED) is 0.683. The van der Waals surface area contributed by atoms with Crippen molar-refractivity contribution in [3.05, 3.63) is 33.8 Å². The van der Waals surface area contributed by atoms with Crippen LogP contribution in [0.1, 0.15) is 46.1 Å². The lowest BCUT2D eigenvalue weighted by Crippen LogP contribution is -2.36. The first-order chi connectivity index (χ1) is 8.94. The Bertz CT molecular complexity index is 371. The molecule has 19 heavy (non-hydrogen) atoms. The van der Waals surface area contributed by atoms with Gasteiger partial charge in [-0.2, -0.15) is 0 Å². The summed E-state index contributed by atoms with van der Waals surface area (Å²) in [4.78, 5) is 2.48. The molecule has 1 aliphatic heterocycles. The number of rotatable bonds is 2. The second-order valence-corrected chi connectivity index (χ2v) is 6.59. The van der Waals surface area contributed by atoms with E-state index in [1.165, 1.54) is 18.4 Å². The van der Waals surface area contributed by atoms with Crippen molar-refractivity contribution in [3.8, 4) is 0 Å². The first-order valence-electron chi connectivity index (χ1n) is 7.12. The van der Waals surface area contributed by atoms with Crippen LogP contribution in [-0.4, -0.2) is 18.0 Å². The van der Waals surface area contributed by atoms with E-state index in [2.05, 4.69) is 18.7 Å². The highest BCUT2D eigenvalue weighted by Gasteiger charge is 2.25. The minimum atomic E-state index is 0.502. The molecular weight excluding hydrogens is 277 g/mol. The summed E-state index contributed by atoms with van der Waals surface area (Å²) in [6.45, 7) is 12.0. The Morgan fingerprint density at radius 1 is 1.00 bits per heavy atom. The molecule has 0 radical (unpaired) electrons. The van der Waals surface area contributed by atoms with Gasteiger partial charge in [-0.25, -0.2) is 0 Å². The maximum atomic E-state index is 6.01. The van der Waals surface area contributed by atoms with Crippen LogP contribution in [0, 0.1) is 5.41 Å². The van der Waals surface area contributed by atoms with Crippen molar-refractivity contribution in [2.75, 3.05) is 13.1 Å². The first-order valence-corrected chi connectivity index (χ1v) is 7.88. The molecule has 0 bridgehead atoms. The molecule has 1 aromatic rings. The SMILES string of the molecule is CC.CC1(C)CCN(Cc2cc(Cl)cc(Cl)c2)CC1. The van der Waals surface area contributed by atoms with Crippen molar-refractivity contribution < 1.29 is 0 Å². The molecule has 0 spiro atoms. The topological polar surface area (TPSA) is 3.24 Å². The smallest absolute Gasteiger partial charge is 0.0424 e. The maximum absolute atomic E-state index is 6.01. The largest absolute Gasteiger partial charge is 0.299 e. The predicted molar refractivity (Wildman–Crippen MR) is 86.1 cm³/mol. The third-order valence-electron chi connectivity index (χ3n) is 3.54. The Balaban J connectivity index is 0.000000861. The summed E-state index contributed by atoms with van der Waals surface area (Å²) in [5, 5.41) is 1.45. The van der Waals surface area contributed by atoms with Gasteiger partial charge in [0, 0.05) is 16.6 Å². The van der Waals surface area contributed by atoms with E-state index < -0.39 is 0 Å². The van der Waals surface area contributed by atoms with E-state index in [1.54, 1.807) is 6.07 Å². The van der Waals surface area contributed by atoms with Gasteiger partial charge >= 0.3 is 0 Å². The van der Waals surface area contributed by atoms with Crippen LogP contribution >= 0.6 is 23.2 Å². The highest BCUT2D eigenvalue weighted by Crippen LogP contribution is 2.30. The number of likely N-dealkylation sites (tertiary alicyclic amines) is 1. The summed E-state index contributed by atoms with van der Waals surface area (Å²) in [5.41, 5.74) is 1.71. The fourth-order valence-electron chi connectivity index (χ4n) is 2.28. The first kappa shape index (κ1) is 16.8. The standard InChI is InChI=1S/C14H19Cl2N.C2H6/c1-14(2)3-5-17(6-4-14)10-11-7-12(15)9-13(16)8-11;1-2/h7-9H,3-6,10H2,1-2H3;1-2H3. The molecule has 0 aromatic heterocycles. The highest BCUT2D eigenvalue weighted by molar-refractivity contribution is 6.34.